The SMILES string of the molecule is CCOc1cc(C(CS(C)(=O)=O)N2C(=O)c3cccc(N4CCN(CCN5CCC(C6CCN(c7ccc(C8CCC(=O)NC8=O)cc7)CC6)CC5)CC4)c3C2=O)ccc1OC. The van der Waals surface area contributed by atoms with E-state index in [4.69, 9.17) is 9.47 Å². The summed E-state index contributed by atoms with van der Waals surface area (Å²) in [7, 11) is -2.09. The van der Waals surface area contributed by atoms with Gasteiger partial charge in [-0.3, -0.25) is 34.3 Å². The maximum absolute atomic E-state index is 14.3. The molecule has 0 aromatic heterocycles. The van der Waals surface area contributed by atoms with E-state index in [-0.39, 0.29) is 17.7 Å². The average Bonchev–Trinajstić information content (AvgIpc) is 3.53. The number of piperazine rings is 1. The molecular formula is C47H60N6O8S. The van der Waals surface area contributed by atoms with Crippen molar-refractivity contribution in [2.24, 2.45) is 11.8 Å². The largest absolute Gasteiger partial charge is 0.493 e. The van der Waals surface area contributed by atoms with E-state index in [9.17, 15) is 27.6 Å². The summed E-state index contributed by atoms with van der Waals surface area (Å²) in [5.74, 6) is 0.357. The molecule has 0 bridgehead atoms. The molecular weight excluding hydrogens is 809 g/mol. The fourth-order valence-electron chi connectivity index (χ4n) is 10.3. The van der Waals surface area contributed by atoms with Gasteiger partial charge in [0.15, 0.2) is 11.5 Å². The number of sulfone groups is 1. The number of carbonyl (C=O) groups is 4. The van der Waals surface area contributed by atoms with Gasteiger partial charge in [0.1, 0.15) is 9.84 Å². The summed E-state index contributed by atoms with van der Waals surface area (Å²) >= 11 is 0. The zero-order valence-electron chi connectivity index (χ0n) is 36.2. The van der Waals surface area contributed by atoms with E-state index in [1.807, 2.05) is 13.0 Å². The summed E-state index contributed by atoms with van der Waals surface area (Å²) in [4.78, 5) is 63.1. The highest BCUT2D eigenvalue weighted by atomic mass is 32.2. The van der Waals surface area contributed by atoms with E-state index in [0.717, 1.165) is 80.9 Å². The third-order valence-corrected chi connectivity index (χ3v) is 14.7. The Morgan fingerprint density at radius 3 is 2.03 bits per heavy atom. The van der Waals surface area contributed by atoms with Gasteiger partial charge >= 0.3 is 0 Å². The minimum Gasteiger partial charge on any atom is -0.493 e. The van der Waals surface area contributed by atoms with Crippen LogP contribution in [0.1, 0.15) is 89.3 Å². The second-order valence-electron chi connectivity index (χ2n) is 17.6. The number of methoxy groups -OCH3 is 1. The molecule has 4 fully saturated rings. The molecule has 2 atom stereocenters. The normalized spacial score (nSPS) is 21.6. The number of hydrogen-bond donors (Lipinski definition) is 1. The van der Waals surface area contributed by atoms with Gasteiger partial charge in [-0.05, 0) is 111 Å². The molecule has 14 nitrogen and oxygen atoms in total. The number of carbonyl (C=O) groups excluding carboxylic acids is 4. The Morgan fingerprint density at radius 2 is 1.40 bits per heavy atom. The van der Waals surface area contributed by atoms with Gasteiger partial charge in [0.05, 0.1) is 48.2 Å². The van der Waals surface area contributed by atoms with Crippen LogP contribution in [0.4, 0.5) is 11.4 Å². The number of ether oxygens (including phenoxy) is 2. The molecule has 4 saturated heterocycles. The van der Waals surface area contributed by atoms with Crippen LogP contribution in [0.5, 0.6) is 11.5 Å². The van der Waals surface area contributed by atoms with Crippen molar-refractivity contribution in [2.75, 3.05) is 101 Å². The molecule has 1 N–H and O–H groups in total. The van der Waals surface area contributed by atoms with Crippen molar-refractivity contribution in [1.29, 1.82) is 0 Å². The summed E-state index contributed by atoms with van der Waals surface area (Å²) in [6.45, 7) is 11.7. The number of anilines is 2. The van der Waals surface area contributed by atoms with Crippen molar-refractivity contribution in [3.63, 3.8) is 0 Å². The van der Waals surface area contributed by atoms with E-state index in [1.165, 1.54) is 38.5 Å². The van der Waals surface area contributed by atoms with Crippen LogP contribution in [0.3, 0.4) is 0 Å². The fourth-order valence-corrected chi connectivity index (χ4v) is 11.2. The summed E-state index contributed by atoms with van der Waals surface area (Å²) in [6.07, 6.45) is 6.94. The van der Waals surface area contributed by atoms with Crippen LogP contribution in [-0.4, -0.2) is 138 Å². The van der Waals surface area contributed by atoms with Gasteiger partial charge in [-0.1, -0.05) is 24.3 Å². The first-order valence-electron chi connectivity index (χ1n) is 22.3. The Balaban J connectivity index is 0.807. The number of imide groups is 2. The second kappa shape index (κ2) is 18.8. The van der Waals surface area contributed by atoms with Gasteiger partial charge in [0, 0.05) is 70.7 Å². The lowest BCUT2D eigenvalue weighted by atomic mass is 9.78. The van der Waals surface area contributed by atoms with E-state index in [2.05, 4.69) is 49.2 Å². The first-order valence-corrected chi connectivity index (χ1v) is 24.3. The van der Waals surface area contributed by atoms with Gasteiger partial charge in [-0.2, -0.15) is 0 Å². The summed E-state index contributed by atoms with van der Waals surface area (Å²) in [6, 6.07) is 17.7. The standard InChI is InChI=1S/C47H60N6O8S/c1-4-61-42-30-35(10-14-41(42)60-2)40(31-62(3,58)59)53-46(56)38-6-5-7-39(44(38)47(53)57)52-28-26-50(27-29-52)25-24-49-20-16-32(17-21-49)33-18-22-51(23-19-33)36-11-8-34(9-12-36)37-13-15-43(54)48-45(37)55/h5-12,14,30,32-33,37,40H,4,13,15-29,31H2,1-3H3,(H,48,54,55). The Labute approximate surface area is 365 Å². The maximum atomic E-state index is 14.3. The van der Waals surface area contributed by atoms with Crippen LogP contribution in [0.2, 0.25) is 0 Å². The molecule has 0 radical (unpaired) electrons. The Kier molecular flexibility index (Phi) is 13.2. The fraction of sp³-hybridized carbons (Fsp3) is 0.532. The van der Waals surface area contributed by atoms with Crippen molar-refractivity contribution in [3.05, 3.63) is 82.9 Å². The molecule has 3 aromatic carbocycles. The number of amides is 4. The molecule has 2 unspecified atom stereocenters. The highest BCUT2D eigenvalue weighted by Gasteiger charge is 2.44. The lowest BCUT2D eigenvalue weighted by Crippen LogP contribution is -2.49. The summed E-state index contributed by atoms with van der Waals surface area (Å²) < 4.78 is 36.7. The molecule has 8 rings (SSSR count). The zero-order valence-corrected chi connectivity index (χ0v) is 37.0. The molecule has 0 spiro atoms. The molecule has 5 aliphatic heterocycles. The van der Waals surface area contributed by atoms with E-state index in [0.29, 0.717) is 66.4 Å². The first kappa shape index (κ1) is 43.7. The molecule has 62 heavy (non-hydrogen) atoms. The van der Waals surface area contributed by atoms with Gasteiger partial charge in [0.25, 0.3) is 11.8 Å². The molecule has 0 aliphatic carbocycles. The van der Waals surface area contributed by atoms with E-state index in [1.54, 1.807) is 30.3 Å². The topological polar surface area (TPSA) is 149 Å². The van der Waals surface area contributed by atoms with E-state index < -0.39 is 33.4 Å². The molecule has 4 amide bonds. The minimum atomic E-state index is -3.61. The van der Waals surface area contributed by atoms with Crippen LogP contribution in [-0.2, 0) is 19.4 Å². The molecule has 5 aliphatic rings. The van der Waals surface area contributed by atoms with Gasteiger partial charge in [-0.25, -0.2) is 8.42 Å². The second-order valence-corrected chi connectivity index (χ2v) is 19.7. The first-order chi connectivity index (χ1) is 29.9. The number of piperidine rings is 3. The van der Waals surface area contributed by atoms with Crippen molar-refractivity contribution in [1.82, 2.24) is 20.0 Å². The number of benzene rings is 3. The highest BCUT2D eigenvalue weighted by molar-refractivity contribution is 7.90. The summed E-state index contributed by atoms with van der Waals surface area (Å²) in [5.41, 5.74) is 3.99. The zero-order chi connectivity index (χ0) is 43.5. The Morgan fingerprint density at radius 1 is 0.742 bits per heavy atom. The monoisotopic (exact) mass is 868 g/mol. The Hall–Kier alpha value is -4.99. The number of nitrogens with zero attached hydrogens (tertiary/aromatic N) is 5. The quantitative estimate of drug-likeness (QED) is 0.223. The van der Waals surface area contributed by atoms with Crippen molar-refractivity contribution >= 4 is 44.8 Å². The molecule has 0 saturated carbocycles. The number of hydrogen-bond acceptors (Lipinski definition) is 12. The Bertz CT molecular complexity index is 2250. The number of fused-ring (bicyclic) bond motifs is 1. The van der Waals surface area contributed by atoms with Gasteiger partial charge < -0.3 is 24.2 Å². The van der Waals surface area contributed by atoms with Crippen LogP contribution in [0, 0.1) is 11.8 Å². The average molecular weight is 869 g/mol. The highest BCUT2D eigenvalue weighted by Crippen LogP contribution is 2.40. The van der Waals surface area contributed by atoms with Crippen LogP contribution >= 0.6 is 0 Å². The maximum Gasteiger partial charge on any atom is 0.264 e. The van der Waals surface area contributed by atoms with Crippen molar-refractivity contribution in [2.45, 2.75) is 57.4 Å². The van der Waals surface area contributed by atoms with Gasteiger partial charge in [0.2, 0.25) is 11.8 Å². The minimum absolute atomic E-state index is 0.184. The number of likely N-dealkylation sites (tertiary alicyclic amines) is 1. The predicted octanol–water partition coefficient (Wildman–Crippen LogP) is 4.75. The van der Waals surface area contributed by atoms with Crippen LogP contribution < -0.4 is 24.6 Å². The molecule has 3 aromatic rings. The van der Waals surface area contributed by atoms with Crippen molar-refractivity contribution in [3.8, 4) is 11.5 Å². The molecule has 332 valence electrons. The van der Waals surface area contributed by atoms with Crippen LogP contribution in [0.25, 0.3) is 0 Å². The molecule has 5 heterocycles. The summed E-state index contributed by atoms with van der Waals surface area (Å²) in [5, 5.41) is 2.47. The van der Waals surface area contributed by atoms with Gasteiger partial charge in [-0.15, -0.1) is 0 Å². The van der Waals surface area contributed by atoms with Crippen LogP contribution in [0.15, 0.2) is 60.7 Å². The predicted molar refractivity (Wildman–Crippen MR) is 238 cm³/mol. The molecule has 15 heteroatoms. The smallest absolute Gasteiger partial charge is 0.264 e. The van der Waals surface area contributed by atoms with Crippen molar-refractivity contribution < 1.29 is 37.1 Å². The lowest BCUT2D eigenvalue weighted by Gasteiger charge is -2.42. The third kappa shape index (κ3) is 9.49. The number of rotatable bonds is 14. The lowest BCUT2D eigenvalue weighted by molar-refractivity contribution is -0.134. The van der Waals surface area contributed by atoms with E-state index >= 15 is 0 Å². The number of nitrogens with one attached hydrogen (secondary N) is 1. The third-order valence-electron chi connectivity index (χ3n) is 13.8.